The van der Waals surface area contributed by atoms with Gasteiger partial charge in [-0.1, -0.05) is 24.1 Å². The van der Waals surface area contributed by atoms with Crippen LogP contribution in [0.15, 0.2) is 36.4 Å². The SMILES string of the molecule is CC#Cc1ccc(C)c(-c2cc([C@@]3(C)NC(=N)C(C)(C)S(=O)(=O)C3C)ccc2C)c1. The number of amidine groups is 1. The van der Waals surface area contributed by atoms with Gasteiger partial charge in [0.1, 0.15) is 10.6 Å². The van der Waals surface area contributed by atoms with E-state index in [1.807, 2.05) is 32.0 Å². The number of rotatable bonds is 2. The first-order valence-electron chi connectivity index (χ1n) is 10.1. The number of hydrogen-bond donors (Lipinski definition) is 2. The second-order valence-electron chi connectivity index (χ2n) is 8.83. The maximum Gasteiger partial charge on any atom is 0.167 e. The summed E-state index contributed by atoms with van der Waals surface area (Å²) >= 11 is 0. The average molecular weight is 423 g/mol. The van der Waals surface area contributed by atoms with Gasteiger partial charge in [0.15, 0.2) is 9.84 Å². The predicted octanol–water partition coefficient (Wildman–Crippen LogP) is 4.72. The van der Waals surface area contributed by atoms with E-state index >= 15 is 0 Å². The van der Waals surface area contributed by atoms with Gasteiger partial charge < -0.3 is 5.32 Å². The Labute approximate surface area is 180 Å². The molecule has 2 aromatic rings. The molecule has 1 saturated heterocycles. The van der Waals surface area contributed by atoms with E-state index in [0.717, 1.165) is 33.4 Å². The van der Waals surface area contributed by atoms with Crippen LogP contribution in [0.2, 0.25) is 0 Å². The third-order valence-corrected chi connectivity index (χ3v) is 9.64. The fourth-order valence-corrected chi connectivity index (χ4v) is 6.12. The number of nitrogens with one attached hydrogen (secondary N) is 2. The van der Waals surface area contributed by atoms with Gasteiger partial charge >= 0.3 is 0 Å². The lowest BCUT2D eigenvalue weighted by molar-refractivity contribution is 0.384. The summed E-state index contributed by atoms with van der Waals surface area (Å²) in [6.45, 7) is 12.7. The van der Waals surface area contributed by atoms with Crippen molar-refractivity contribution in [3.05, 3.63) is 58.7 Å². The Balaban J connectivity index is 2.20. The van der Waals surface area contributed by atoms with E-state index in [9.17, 15) is 8.42 Å². The van der Waals surface area contributed by atoms with Crippen LogP contribution in [0.3, 0.4) is 0 Å². The van der Waals surface area contributed by atoms with Crippen molar-refractivity contribution in [1.29, 1.82) is 5.41 Å². The first kappa shape index (κ1) is 22.1. The molecule has 0 saturated carbocycles. The van der Waals surface area contributed by atoms with E-state index in [1.165, 1.54) is 0 Å². The summed E-state index contributed by atoms with van der Waals surface area (Å²) in [5.41, 5.74) is 5.27. The van der Waals surface area contributed by atoms with Crippen molar-refractivity contribution >= 4 is 15.7 Å². The Hall–Kier alpha value is -2.58. The molecule has 0 amide bonds. The van der Waals surface area contributed by atoms with Crippen LogP contribution in [0.5, 0.6) is 0 Å². The first-order valence-corrected chi connectivity index (χ1v) is 11.7. The minimum atomic E-state index is -3.56. The molecule has 1 aliphatic rings. The molecule has 0 bridgehead atoms. The van der Waals surface area contributed by atoms with Crippen LogP contribution in [0, 0.1) is 31.1 Å². The Morgan fingerprint density at radius 1 is 1.00 bits per heavy atom. The first-order chi connectivity index (χ1) is 13.9. The summed E-state index contributed by atoms with van der Waals surface area (Å²) in [6.07, 6.45) is 0. The predicted molar refractivity (Wildman–Crippen MR) is 125 cm³/mol. The van der Waals surface area contributed by atoms with Gasteiger partial charge in [-0.3, -0.25) is 5.41 Å². The van der Waals surface area contributed by atoms with Crippen molar-refractivity contribution in [2.24, 2.45) is 0 Å². The van der Waals surface area contributed by atoms with Crippen LogP contribution >= 0.6 is 0 Å². The van der Waals surface area contributed by atoms with Crippen molar-refractivity contribution in [2.45, 2.75) is 64.0 Å². The van der Waals surface area contributed by atoms with Crippen LogP contribution in [0.4, 0.5) is 0 Å². The molecule has 0 aliphatic carbocycles. The molecule has 0 aromatic heterocycles. The van der Waals surface area contributed by atoms with E-state index in [2.05, 4.69) is 49.2 Å². The zero-order valence-corrected chi connectivity index (χ0v) is 19.6. The Morgan fingerprint density at radius 2 is 1.57 bits per heavy atom. The lowest BCUT2D eigenvalue weighted by Gasteiger charge is -2.47. The zero-order chi connectivity index (χ0) is 22.5. The minimum absolute atomic E-state index is 0.0293. The zero-order valence-electron chi connectivity index (χ0n) is 18.8. The van der Waals surface area contributed by atoms with E-state index < -0.39 is 25.4 Å². The van der Waals surface area contributed by atoms with Crippen molar-refractivity contribution in [2.75, 3.05) is 0 Å². The molecule has 2 N–H and O–H groups in total. The second-order valence-corrected chi connectivity index (χ2v) is 11.7. The van der Waals surface area contributed by atoms with Crippen molar-refractivity contribution in [3.63, 3.8) is 0 Å². The van der Waals surface area contributed by atoms with E-state index in [0.29, 0.717) is 0 Å². The highest BCUT2D eigenvalue weighted by Gasteiger charge is 2.55. The van der Waals surface area contributed by atoms with Gasteiger partial charge in [-0.05, 0) is 94.5 Å². The van der Waals surface area contributed by atoms with E-state index in [1.54, 1.807) is 20.8 Å². The molecular formula is C25H30N2O2S. The summed E-state index contributed by atoms with van der Waals surface area (Å²) in [6, 6.07) is 12.2. The van der Waals surface area contributed by atoms with Gasteiger partial charge in [-0.25, -0.2) is 8.42 Å². The highest BCUT2D eigenvalue weighted by atomic mass is 32.2. The van der Waals surface area contributed by atoms with E-state index in [-0.39, 0.29) is 5.84 Å². The van der Waals surface area contributed by atoms with Gasteiger partial charge in [0, 0.05) is 5.56 Å². The fraction of sp³-hybridized carbons (Fsp3) is 0.400. The summed E-state index contributed by atoms with van der Waals surface area (Å²) < 4.78 is 25.2. The molecule has 1 unspecified atom stereocenters. The largest absolute Gasteiger partial charge is 0.362 e. The highest BCUT2D eigenvalue weighted by molar-refractivity contribution is 7.94. The molecule has 1 aliphatic heterocycles. The van der Waals surface area contributed by atoms with Crippen molar-refractivity contribution in [3.8, 4) is 23.0 Å². The molecule has 2 aromatic carbocycles. The van der Waals surface area contributed by atoms with Crippen molar-refractivity contribution in [1.82, 2.24) is 5.32 Å². The normalized spacial score (nSPS) is 24.5. The van der Waals surface area contributed by atoms with Crippen LogP contribution in [-0.2, 0) is 15.4 Å². The Morgan fingerprint density at radius 3 is 2.17 bits per heavy atom. The molecule has 1 fully saturated rings. The Bertz CT molecular complexity index is 1200. The summed E-state index contributed by atoms with van der Waals surface area (Å²) in [5.74, 6) is 6.08. The molecule has 0 spiro atoms. The lowest BCUT2D eigenvalue weighted by Crippen LogP contribution is -2.67. The number of benzene rings is 2. The number of aryl methyl sites for hydroxylation is 2. The van der Waals surface area contributed by atoms with Crippen molar-refractivity contribution < 1.29 is 8.42 Å². The molecule has 5 heteroatoms. The summed E-state index contributed by atoms with van der Waals surface area (Å²) in [5, 5.41) is 10.9. The molecule has 158 valence electrons. The third kappa shape index (κ3) is 3.24. The lowest BCUT2D eigenvalue weighted by atomic mass is 9.84. The van der Waals surface area contributed by atoms with Crippen LogP contribution in [0.1, 0.15) is 56.9 Å². The van der Waals surface area contributed by atoms with Gasteiger partial charge in [-0.15, -0.1) is 5.92 Å². The maximum absolute atomic E-state index is 13.2. The molecule has 30 heavy (non-hydrogen) atoms. The quantitative estimate of drug-likeness (QED) is 0.688. The molecular weight excluding hydrogens is 392 g/mol. The summed E-state index contributed by atoms with van der Waals surface area (Å²) in [4.78, 5) is 0. The van der Waals surface area contributed by atoms with Gasteiger partial charge in [0.05, 0.1) is 10.8 Å². The third-order valence-electron chi connectivity index (χ3n) is 6.61. The molecule has 4 nitrogen and oxygen atoms in total. The molecule has 3 rings (SSSR count). The van der Waals surface area contributed by atoms with Crippen LogP contribution in [0.25, 0.3) is 11.1 Å². The second kappa shape index (κ2) is 7.28. The van der Waals surface area contributed by atoms with Gasteiger partial charge in [-0.2, -0.15) is 0 Å². The number of sulfone groups is 1. The van der Waals surface area contributed by atoms with Gasteiger partial charge in [0.25, 0.3) is 0 Å². The van der Waals surface area contributed by atoms with Crippen LogP contribution in [-0.4, -0.2) is 24.3 Å². The van der Waals surface area contributed by atoms with Crippen LogP contribution < -0.4 is 5.32 Å². The smallest absolute Gasteiger partial charge is 0.167 e. The summed E-state index contributed by atoms with van der Waals surface area (Å²) in [7, 11) is -3.56. The molecule has 0 radical (unpaired) electrons. The average Bonchev–Trinajstić information content (AvgIpc) is 2.68. The minimum Gasteiger partial charge on any atom is -0.362 e. The monoisotopic (exact) mass is 422 g/mol. The fourth-order valence-electron chi connectivity index (χ4n) is 4.08. The Kier molecular flexibility index (Phi) is 5.37. The van der Waals surface area contributed by atoms with E-state index in [4.69, 9.17) is 5.41 Å². The maximum atomic E-state index is 13.2. The van der Waals surface area contributed by atoms with Gasteiger partial charge in [0.2, 0.25) is 0 Å². The topological polar surface area (TPSA) is 70.0 Å². The number of hydrogen-bond acceptors (Lipinski definition) is 3. The highest BCUT2D eigenvalue weighted by Crippen LogP contribution is 2.41. The molecule has 2 atom stereocenters. The standard InChI is InChI=1S/C25H30N2O2S/c1-8-9-19-12-10-16(2)21(14-19)22-15-20(13-11-17(22)3)25(7)18(4)30(28,29)24(5,6)23(26)27-25/h10-15,18H,1-7H3,(H2,26,27)/t18?,25-/m0/s1. The molecule has 1 heterocycles.